The highest BCUT2D eigenvalue weighted by Crippen LogP contribution is 2.43. The lowest BCUT2D eigenvalue weighted by Crippen LogP contribution is -2.59. The molecule has 0 aliphatic carbocycles. The largest absolute Gasteiger partial charge is 0.456 e. The number of benzene rings is 7. The SMILES string of the molecule is CC(C)(C)Cc1c2ccccc2n2c3cccc4c3n(c12)-c1cc(-c2ccccc2)cc2c1B4c1c3ccccc3n3c4cc5oc6ccccc6c5cc4n-2c13. The highest BCUT2D eigenvalue weighted by atomic mass is 16.3. The van der Waals surface area contributed by atoms with E-state index in [9.17, 15) is 0 Å². The molecule has 6 heteroatoms. The zero-order valence-corrected chi connectivity index (χ0v) is 31.8. The fraction of sp³-hybridized carbons (Fsp3) is 0.0980. The first-order valence-corrected chi connectivity index (χ1v) is 20.1. The number of furan rings is 1. The quantitative estimate of drug-likeness (QED) is 0.163. The molecule has 7 aromatic carbocycles. The minimum absolute atomic E-state index is 0.0310. The van der Waals surface area contributed by atoms with E-state index in [2.05, 4.69) is 184 Å². The summed E-state index contributed by atoms with van der Waals surface area (Å²) in [4.78, 5) is 0. The number of aromatic nitrogens is 4. The lowest BCUT2D eigenvalue weighted by Gasteiger charge is -2.33. The van der Waals surface area contributed by atoms with Crippen molar-refractivity contribution in [2.24, 2.45) is 5.41 Å². The van der Waals surface area contributed by atoms with Crippen molar-refractivity contribution in [1.29, 1.82) is 0 Å². The summed E-state index contributed by atoms with van der Waals surface area (Å²) in [5.41, 5.74) is 22.3. The number of para-hydroxylation sites is 4. The zero-order chi connectivity index (χ0) is 37.5. The van der Waals surface area contributed by atoms with Gasteiger partial charge < -0.3 is 4.42 Å². The molecular formula is C51H35BN4O. The predicted molar refractivity (Wildman–Crippen MR) is 238 cm³/mol. The summed E-state index contributed by atoms with van der Waals surface area (Å²) in [6.45, 7) is 7.13. The Morgan fingerprint density at radius 1 is 0.491 bits per heavy atom. The van der Waals surface area contributed by atoms with Gasteiger partial charge in [0.15, 0.2) is 0 Å². The average Bonchev–Trinajstić information content (AvgIpc) is 4.02. The van der Waals surface area contributed by atoms with Crippen LogP contribution in [0.3, 0.4) is 0 Å². The Labute approximate surface area is 327 Å². The van der Waals surface area contributed by atoms with Gasteiger partial charge in [-0.25, -0.2) is 0 Å². The summed E-state index contributed by atoms with van der Waals surface area (Å²) >= 11 is 0. The second-order valence-electron chi connectivity index (χ2n) is 17.5. The van der Waals surface area contributed by atoms with Crippen LogP contribution >= 0.6 is 0 Å². The molecule has 7 heterocycles. The number of nitrogens with zero attached hydrogens (tertiary/aromatic N) is 4. The van der Waals surface area contributed by atoms with Crippen molar-refractivity contribution in [1.82, 2.24) is 17.9 Å². The first-order valence-electron chi connectivity index (χ1n) is 20.1. The van der Waals surface area contributed by atoms with Crippen LogP contribution in [0.1, 0.15) is 26.3 Å². The van der Waals surface area contributed by atoms with Crippen LogP contribution in [0.5, 0.6) is 0 Å². The Balaban J connectivity index is 1.24. The third kappa shape index (κ3) is 3.63. The van der Waals surface area contributed by atoms with Gasteiger partial charge in [-0.05, 0) is 87.2 Å². The van der Waals surface area contributed by atoms with Gasteiger partial charge in [0.25, 0.3) is 6.71 Å². The van der Waals surface area contributed by atoms with E-state index in [1.165, 1.54) is 94.1 Å². The molecule has 0 radical (unpaired) electrons. The summed E-state index contributed by atoms with van der Waals surface area (Å²) in [6.07, 6.45) is 0.964. The van der Waals surface area contributed by atoms with Crippen LogP contribution < -0.4 is 16.4 Å². The van der Waals surface area contributed by atoms with Gasteiger partial charge in [0, 0.05) is 39.2 Å². The number of hydrogen-bond acceptors (Lipinski definition) is 1. The molecule has 0 unspecified atom stereocenters. The second kappa shape index (κ2) is 10.1. The molecule has 57 heavy (non-hydrogen) atoms. The standard InChI is InChI=1S/C51H35BN4O/c1-51(2,3)28-35-31-16-7-10-20-37(31)53-39-22-13-19-36-48(39)56(49(35)53)43-25-30(29-14-5-4-6-15-29)24-42-47(43)52(36)46-33-18-8-11-21-38(33)54-41-27-45-34(26-40(41)55(42)50(46)54)32-17-9-12-23-44(32)57-45/h4-27H,28H2,1-3H3. The molecule has 0 saturated carbocycles. The van der Waals surface area contributed by atoms with Gasteiger partial charge in [-0.2, -0.15) is 0 Å². The first-order chi connectivity index (χ1) is 27.9. The molecule has 0 atom stereocenters. The molecule has 5 nitrogen and oxygen atoms in total. The predicted octanol–water partition coefficient (Wildman–Crippen LogP) is 10.7. The number of hydrogen-bond donors (Lipinski definition) is 0. The number of fused-ring (bicyclic) bond motifs is 18. The van der Waals surface area contributed by atoms with Crippen molar-refractivity contribution < 1.29 is 4.42 Å². The Bertz CT molecular complexity index is 3770. The van der Waals surface area contributed by atoms with Crippen LogP contribution in [0, 0.1) is 5.41 Å². The number of rotatable bonds is 2. The van der Waals surface area contributed by atoms with Gasteiger partial charge in [0.05, 0.1) is 33.1 Å². The van der Waals surface area contributed by atoms with Gasteiger partial charge >= 0.3 is 0 Å². The molecule has 0 spiro atoms. The van der Waals surface area contributed by atoms with Crippen molar-refractivity contribution in [2.45, 2.75) is 27.2 Å². The van der Waals surface area contributed by atoms with Gasteiger partial charge in [-0.3, -0.25) is 17.9 Å². The van der Waals surface area contributed by atoms with Crippen LogP contribution in [0.2, 0.25) is 0 Å². The first kappa shape index (κ1) is 30.3. The summed E-state index contributed by atoms with van der Waals surface area (Å²) in [7, 11) is 0. The van der Waals surface area contributed by atoms with E-state index >= 15 is 0 Å². The van der Waals surface area contributed by atoms with E-state index in [0.29, 0.717) is 0 Å². The fourth-order valence-electron chi connectivity index (χ4n) is 11.0. The van der Waals surface area contributed by atoms with Gasteiger partial charge in [0.2, 0.25) is 0 Å². The molecule has 12 aromatic rings. The molecular weight excluding hydrogens is 695 g/mol. The number of imidazole rings is 2. The van der Waals surface area contributed by atoms with E-state index < -0.39 is 0 Å². The van der Waals surface area contributed by atoms with Crippen LogP contribution in [0.15, 0.2) is 150 Å². The fourth-order valence-corrected chi connectivity index (χ4v) is 11.0. The summed E-state index contributed by atoms with van der Waals surface area (Å²) < 4.78 is 16.9. The molecule has 2 aliphatic rings. The van der Waals surface area contributed by atoms with E-state index in [1.807, 2.05) is 0 Å². The monoisotopic (exact) mass is 730 g/mol. The third-order valence-electron chi connectivity index (χ3n) is 13.1. The Hall–Kier alpha value is -6.92. The molecule has 2 aliphatic heterocycles. The van der Waals surface area contributed by atoms with Crippen molar-refractivity contribution in [3.8, 4) is 22.5 Å². The van der Waals surface area contributed by atoms with E-state index in [0.717, 1.165) is 33.9 Å². The smallest absolute Gasteiger partial charge is 0.255 e. The Morgan fingerprint density at radius 2 is 1.16 bits per heavy atom. The van der Waals surface area contributed by atoms with Gasteiger partial charge in [-0.15, -0.1) is 0 Å². The molecule has 0 saturated heterocycles. The molecule has 0 fully saturated rings. The highest BCUT2D eigenvalue weighted by molar-refractivity contribution is 7.01. The highest BCUT2D eigenvalue weighted by Gasteiger charge is 2.44. The second-order valence-corrected chi connectivity index (χ2v) is 17.5. The van der Waals surface area contributed by atoms with E-state index in [1.54, 1.807) is 0 Å². The van der Waals surface area contributed by atoms with Crippen molar-refractivity contribution in [2.75, 3.05) is 0 Å². The van der Waals surface area contributed by atoms with Crippen LogP contribution in [0.4, 0.5) is 0 Å². The molecule has 0 N–H and O–H groups in total. The maximum atomic E-state index is 6.56. The lowest BCUT2D eigenvalue weighted by atomic mass is 9.34. The van der Waals surface area contributed by atoms with E-state index in [4.69, 9.17) is 4.42 Å². The van der Waals surface area contributed by atoms with Crippen molar-refractivity contribution >= 4 is 100 Å². The topological polar surface area (TPSA) is 31.8 Å². The maximum absolute atomic E-state index is 6.56. The summed E-state index contributed by atoms with van der Waals surface area (Å²) in [5.74, 6) is 0. The summed E-state index contributed by atoms with van der Waals surface area (Å²) in [5, 5.41) is 4.92. The minimum atomic E-state index is 0.0310. The minimum Gasteiger partial charge on any atom is -0.456 e. The van der Waals surface area contributed by atoms with Crippen molar-refractivity contribution in [3.05, 3.63) is 151 Å². The molecule has 5 aromatic heterocycles. The van der Waals surface area contributed by atoms with Crippen LogP contribution in [-0.2, 0) is 6.42 Å². The Kier molecular flexibility index (Phi) is 5.36. The van der Waals surface area contributed by atoms with Crippen LogP contribution in [0.25, 0.3) is 99.6 Å². The third-order valence-corrected chi connectivity index (χ3v) is 13.1. The van der Waals surface area contributed by atoms with Gasteiger partial charge in [-0.1, -0.05) is 118 Å². The average molecular weight is 731 g/mol. The van der Waals surface area contributed by atoms with Crippen molar-refractivity contribution in [3.63, 3.8) is 0 Å². The van der Waals surface area contributed by atoms with E-state index in [-0.39, 0.29) is 12.1 Å². The molecule has 268 valence electrons. The summed E-state index contributed by atoms with van der Waals surface area (Å²) in [6, 6.07) is 54.1. The van der Waals surface area contributed by atoms with Crippen LogP contribution in [-0.4, -0.2) is 24.6 Å². The zero-order valence-electron chi connectivity index (χ0n) is 31.8. The molecule has 0 amide bonds. The lowest BCUT2D eigenvalue weighted by molar-refractivity contribution is 0.413. The molecule has 0 bridgehead atoms. The molecule has 14 rings (SSSR count). The van der Waals surface area contributed by atoms with Gasteiger partial charge in [0.1, 0.15) is 22.5 Å². The normalized spacial score (nSPS) is 13.6. The maximum Gasteiger partial charge on any atom is 0.255 e. The Morgan fingerprint density at radius 3 is 1.96 bits per heavy atom.